The fourth-order valence-electron chi connectivity index (χ4n) is 1.12. The molecule has 1 aromatic carbocycles. The Hall–Kier alpha value is -1.80. The Bertz CT molecular complexity index is 472. The van der Waals surface area contributed by atoms with Crippen molar-refractivity contribution in [3.05, 3.63) is 39.4 Å². The van der Waals surface area contributed by atoms with Gasteiger partial charge in [0, 0.05) is 17.4 Å². The van der Waals surface area contributed by atoms with E-state index in [2.05, 4.69) is 0 Å². The van der Waals surface area contributed by atoms with E-state index in [1.165, 1.54) is 0 Å². The number of hydrogen-bond donors (Lipinski definition) is 1. The van der Waals surface area contributed by atoms with Gasteiger partial charge in [-0.05, 0) is 6.07 Å². The highest BCUT2D eigenvalue weighted by atomic mass is 32.2. The maximum Gasteiger partial charge on any atom is 0.335 e. The van der Waals surface area contributed by atoms with Gasteiger partial charge < -0.3 is 9.66 Å². The van der Waals surface area contributed by atoms with Gasteiger partial charge in [0.2, 0.25) is 0 Å². The highest BCUT2D eigenvalue weighted by Gasteiger charge is 2.16. The first-order valence-electron chi connectivity index (χ1n) is 3.98. The summed E-state index contributed by atoms with van der Waals surface area (Å²) in [5.74, 6) is -1.83. The number of carboxylic acid groups (broad SMARTS) is 1. The van der Waals surface area contributed by atoms with Crippen molar-refractivity contribution in [3.8, 4) is 0 Å². The van der Waals surface area contributed by atoms with Crippen LogP contribution >= 0.6 is 0 Å². The molecule has 0 saturated carbocycles. The number of hydrogen-bond acceptors (Lipinski definition) is 5. The quantitative estimate of drug-likeness (QED) is 0.472. The summed E-state index contributed by atoms with van der Waals surface area (Å²) in [6.45, 7) is 0. The van der Waals surface area contributed by atoms with Crippen molar-refractivity contribution in [1.82, 2.24) is 0 Å². The Labute approximate surface area is 92.1 Å². The van der Waals surface area contributed by atoms with Gasteiger partial charge in [0.25, 0.3) is 5.69 Å². The molecule has 0 aliphatic carbocycles. The molecule has 1 aromatic rings. The van der Waals surface area contributed by atoms with E-state index in [-0.39, 0.29) is 11.1 Å². The van der Waals surface area contributed by atoms with E-state index < -0.39 is 33.4 Å². The third kappa shape index (κ3) is 2.84. The van der Waals surface area contributed by atoms with Crippen LogP contribution in [0, 0.1) is 10.1 Å². The van der Waals surface area contributed by atoms with E-state index in [0.29, 0.717) is 0 Å². The molecule has 86 valence electrons. The molecule has 0 heterocycles. The third-order valence-electron chi connectivity index (χ3n) is 1.80. The Morgan fingerprint density at radius 1 is 1.50 bits per heavy atom. The Morgan fingerprint density at radius 3 is 2.56 bits per heavy atom. The zero-order chi connectivity index (χ0) is 12.3. The van der Waals surface area contributed by atoms with Gasteiger partial charge in [-0.15, -0.1) is 0 Å². The van der Waals surface area contributed by atoms with Crippen LogP contribution in [0.5, 0.6) is 0 Å². The van der Waals surface area contributed by atoms with Crippen molar-refractivity contribution < 1.29 is 23.6 Å². The second-order valence-electron chi connectivity index (χ2n) is 2.85. The first-order chi connectivity index (χ1) is 7.41. The molecule has 1 unspecified atom stereocenters. The zero-order valence-electron chi connectivity index (χ0n) is 7.78. The number of carbonyl (C=O) groups is 1. The van der Waals surface area contributed by atoms with Crippen LogP contribution in [0.4, 0.5) is 5.69 Å². The average molecular weight is 244 g/mol. The molecule has 1 atom stereocenters. The fraction of sp³-hybridized carbons (Fsp3) is 0.125. The van der Waals surface area contributed by atoms with Crippen LogP contribution in [0.2, 0.25) is 0 Å². The number of benzene rings is 1. The number of aromatic carboxylic acids is 1. The lowest BCUT2D eigenvalue weighted by Crippen LogP contribution is -2.03. The number of nitro benzene ring substituents is 1. The third-order valence-corrected chi connectivity index (χ3v) is 2.35. The molecule has 0 spiro atoms. The van der Waals surface area contributed by atoms with Gasteiger partial charge in [0.1, 0.15) is 0 Å². The topological polar surface area (TPSA) is 121 Å². The molecule has 0 aliphatic rings. The van der Waals surface area contributed by atoms with Gasteiger partial charge in [-0.2, -0.15) is 0 Å². The summed E-state index contributed by atoms with van der Waals surface area (Å²) < 4.78 is 20.8. The summed E-state index contributed by atoms with van der Waals surface area (Å²) in [4.78, 5) is 20.3. The lowest BCUT2D eigenvalue weighted by molar-refractivity contribution is -0.385. The van der Waals surface area contributed by atoms with Gasteiger partial charge in [-0.1, -0.05) is 17.1 Å². The lowest BCUT2D eigenvalue weighted by atomic mass is 10.1. The standard InChI is InChI=1S/C8H7NO6S/c10-8(11)5-1-2-6(4-16(14)15)7(3-5)9(12)13/h1-3H,4H2,(H,10,11)(H,14,15)/p-1. The molecule has 0 fully saturated rings. The van der Waals surface area contributed by atoms with E-state index in [1.807, 2.05) is 0 Å². The normalized spacial score (nSPS) is 12.1. The molecule has 1 rings (SSSR count). The van der Waals surface area contributed by atoms with E-state index in [4.69, 9.17) is 5.11 Å². The maximum absolute atomic E-state index is 10.6. The van der Waals surface area contributed by atoms with Crippen molar-refractivity contribution in [2.75, 3.05) is 0 Å². The summed E-state index contributed by atoms with van der Waals surface area (Å²) in [5.41, 5.74) is -0.806. The smallest absolute Gasteiger partial charge is 0.335 e. The molecule has 16 heavy (non-hydrogen) atoms. The van der Waals surface area contributed by atoms with Gasteiger partial charge in [0.05, 0.1) is 10.5 Å². The zero-order valence-corrected chi connectivity index (χ0v) is 8.60. The summed E-state index contributed by atoms with van der Waals surface area (Å²) in [6.07, 6.45) is 0. The summed E-state index contributed by atoms with van der Waals surface area (Å²) >= 11 is -2.46. The molecule has 0 saturated heterocycles. The van der Waals surface area contributed by atoms with Crippen LogP contribution in [0.1, 0.15) is 15.9 Å². The second kappa shape index (κ2) is 4.81. The fourth-order valence-corrected chi connectivity index (χ4v) is 1.61. The largest absolute Gasteiger partial charge is 0.772 e. The van der Waals surface area contributed by atoms with Crippen molar-refractivity contribution in [2.45, 2.75) is 5.75 Å². The predicted octanol–water partition coefficient (Wildman–Crippen LogP) is 0.672. The average Bonchev–Trinajstić information content (AvgIpc) is 2.16. The molecule has 1 N–H and O–H groups in total. The summed E-state index contributed by atoms with van der Waals surface area (Å²) in [5, 5.41) is 19.2. The number of nitrogens with zero attached hydrogens (tertiary/aromatic N) is 1. The van der Waals surface area contributed by atoms with Crippen LogP contribution in [0.3, 0.4) is 0 Å². The first-order valence-corrected chi connectivity index (χ1v) is 5.22. The molecule has 7 nitrogen and oxygen atoms in total. The summed E-state index contributed by atoms with van der Waals surface area (Å²) in [7, 11) is 0. The maximum atomic E-state index is 10.6. The monoisotopic (exact) mass is 244 g/mol. The van der Waals surface area contributed by atoms with Crippen molar-refractivity contribution in [2.24, 2.45) is 0 Å². The van der Waals surface area contributed by atoms with Crippen LogP contribution in [0.15, 0.2) is 18.2 Å². The highest BCUT2D eigenvalue weighted by Crippen LogP contribution is 2.21. The minimum Gasteiger partial charge on any atom is -0.772 e. The minimum atomic E-state index is -2.46. The first kappa shape index (κ1) is 12.3. The molecule has 0 aliphatic heterocycles. The van der Waals surface area contributed by atoms with E-state index in [1.54, 1.807) is 0 Å². The van der Waals surface area contributed by atoms with E-state index in [9.17, 15) is 23.7 Å². The molecule has 0 amide bonds. The second-order valence-corrected chi connectivity index (χ2v) is 3.75. The number of rotatable bonds is 4. The molecule has 0 radical (unpaired) electrons. The van der Waals surface area contributed by atoms with Gasteiger partial charge in [-0.25, -0.2) is 4.79 Å². The Balaban J connectivity index is 3.24. The Morgan fingerprint density at radius 2 is 2.12 bits per heavy atom. The van der Waals surface area contributed by atoms with Gasteiger partial charge >= 0.3 is 5.97 Å². The molecule has 0 bridgehead atoms. The van der Waals surface area contributed by atoms with Crippen LogP contribution in [0.25, 0.3) is 0 Å². The highest BCUT2D eigenvalue weighted by molar-refractivity contribution is 7.78. The number of carboxylic acids is 1. The van der Waals surface area contributed by atoms with Crippen molar-refractivity contribution >= 4 is 22.7 Å². The molecule has 8 heteroatoms. The Kier molecular flexibility index (Phi) is 3.69. The molecular formula is C8H6NO6S-. The van der Waals surface area contributed by atoms with Crippen LogP contribution < -0.4 is 0 Å². The lowest BCUT2D eigenvalue weighted by Gasteiger charge is -2.06. The van der Waals surface area contributed by atoms with E-state index >= 15 is 0 Å². The predicted molar refractivity (Wildman–Crippen MR) is 52.7 cm³/mol. The molecule has 0 aromatic heterocycles. The van der Waals surface area contributed by atoms with Gasteiger partial charge in [0.15, 0.2) is 0 Å². The van der Waals surface area contributed by atoms with E-state index in [0.717, 1.165) is 18.2 Å². The van der Waals surface area contributed by atoms with Crippen molar-refractivity contribution in [1.29, 1.82) is 0 Å². The minimum absolute atomic E-state index is 0.0386. The molecular weight excluding hydrogens is 238 g/mol. The SMILES string of the molecule is O=C(O)c1ccc(CS(=O)[O-])c([N+](=O)[O-])c1. The van der Waals surface area contributed by atoms with Gasteiger partial charge in [-0.3, -0.25) is 14.3 Å². The van der Waals surface area contributed by atoms with Crippen molar-refractivity contribution in [3.63, 3.8) is 0 Å². The summed E-state index contributed by atoms with van der Waals surface area (Å²) in [6, 6.07) is 3.08. The van der Waals surface area contributed by atoms with Crippen LogP contribution in [-0.4, -0.2) is 24.8 Å². The number of nitro groups is 1. The van der Waals surface area contributed by atoms with Crippen LogP contribution in [-0.2, 0) is 16.8 Å².